The van der Waals surface area contributed by atoms with Gasteiger partial charge in [-0.1, -0.05) is 13.8 Å². The molecule has 0 aromatic carbocycles. The molecular weight excluding hydrogens is 210 g/mol. The van der Waals surface area contributed by atoms with Gasteiger partial charge < -0.3 is 10.2 Å². The minimum Gasteiger partial charge on any atom is -0.315 e. The summed E-state index contributed by atoms with van der Waals surface area (Å²) in [4.78, 5) is 5.25. The van der Waals surface area contributed by atoms with Gasteiger partial charge in [0.15, 0.2) is 0 Å². The van der Waals surface area contributed by atoms with Crippen LogP contribution < -0.4 is 5.32 Å². The second kappa shape index (κ2) is 6.17. The summed E-state index contributed by atoms with van der Waals surface area (Å²) in [5, 5.41) is 3.56. The first kappa shape index (κ1) is 13.3. The molecule has 2 aliphatic rings. The van der Waals surface area contributed by atoms with Crippen LogP contribution in [0.4, 0.5) is 0 Å². The van der Waals surface area contributed by atoms with Gasteiger partial charge in [0.05, 0.1) is 0 Å². The van der Waals surface area contributed by atoms with Crippen LogP contribution in [0.25, 0.3) is 0 Å². The Hall–Kier alpha value is -0.120. The van der Waals surface area contributed by atoms with Crippen LogP contribution in [0, 0.1) is 5.92 Å². The van der Waals surface area contributed by atoms with Gasteiger partial charge in [0.2, 0.25) is 0 Å². The maximum absolute atomic E-state index is 3.56. The van der Waals surface area contributed by atoms with Crippen molar-refractivity contribution in [1.29, 1.82) is 0 Å². The van der Waals surface area contributed by atoms with Gasteiger partial charge in [-0.3, -0.25) is 4.90 Å². The summed E-state index contributed by atoms with van der Waals surface area (Å²) in [7, 11) is 2.32. The molecule has 2 aliphatic heterocycles. The Bertz CT molecular complexity index is 232. The second-order valence-corrected chi connectivity index (χ2v) is 6.02. The predicted molar refractivity (Wildman–Crippen MR) is 73.3 cm³/mol. The molecule has 0 bridgehead atoms. The molecule has 2 heterocycles. The number of likely N-dealkylation sites (N-methyl/N-ethyl adjacent to an activating group) is 2. The topological polar surface area (TPSA) is 18.5 Å². The monoisotopic (exact) mass is 239 g/mol. The van der Waals surface area contributed by atoms with E-state index < -0.39 is 0 Å². The summed E-state index contributed by atoms with van der Waals surface area (Å²) in [5.74, 6) is 0.835. The molecular formula is C14H29N3. The molecule has 3 unspecified atom stereocenters. The number of rotatable bonds is 4. The first-order chi connectivity index (χ1) is 8.20. The fraction of sp³-hybridized carbons (Fsp3) is 1.00. The van der Waals surface area contributed by atoms with Crippen LogP contribution in [-0.2, 0) is 0 Å². The van der Waals surface area contributed by atoms with Crippen molar-refractivity contribution < 1.29 is 0 Å². The summed E-state index contributed by atoms with van der Waals surface area (Å²) in [6.45, 7) is 10.8. The lowest BCUT2D eigenvalue weighted by atomic mass is 9.96. The van der Waals surface area contributed by atoms with E-state index in [0.717, 1.165) is 18.0 Å². The standard InChI is InChI=1S/C14H29N3/c1-4-17-7-5-6-13(17)11-16(3)14-8-12(2)9-15-10-14/h12-15H,4-11H2,1-3H3. The highest BCUT2D eigenvalue weighted by atomic mass is 15.2. The Labute approximate surface area is 107 Å². The third-order valence-corrected chi connectivity index (χ3v) is 4.57. The Morgan fingerprint density at radius 2 is 2.18 bits per heavy atom. The highest BCUT2D eigenvalue weighted by Crippen LogP contribution is 2.20. The molecule has 0 spiro atoms. The van der Waals surface area contributed by atoms with Crippen LogP contribution in [0.15, 0.2) is 0 Å². The average Bonchev–Trinajstić information content (AvgIpc) is 2.76. The highest BCUT2D eigenvalue weighted by molar-refractivity contribution is 4.85. The smallest absolute Gasteiger partial charge is 0.0223 e. The molecule has 0 aliphatic carbocycles. The molecule has 0 saturated carbocycles. The Morgan fingerprint density at radius 3 is 2.88 bits per heavy atom. The zero-order valence-electron chi connectivity index (χ0n) is 11.8. The predicted octanol–water partition coefficient (Wildman–Crippen LogP) is 1.40. The molecule has 0 aromatic rings. The lowest BCUT2D eigenvalue weighted by Crippen LogP contribution is -2.50. The van der Waals surface area contributed by atoms with Crippen molar-refractivity contribution in [2.24, 2.45) is 5.92 Å². The number of likely N-dealkylation sites (tertiary alicyclic amines) is 1. The minimum absolute atomic E-state index is 0.748. The third-order valence-electron chi connectivity index (χ3n) is 4.57. The van der Waals surface area contributed by atoms with Gasteiger partial charge in [0.1, 0.15) is 0 Å². The lowest BCUT2D eigenvalue weighted by Gasteiger charge is -2.37. The van der Waals surface area contributed by atoms with Crippen molar-refractivity contribution in [2.45, 2.75) is 45.2 Å². The molecule has 17 heavy (non-hydrogen) atoms. The van der Waals surface area contributed by atoms with Gasteiger partial charge >= 0.3 is 0 Å². The summed E-state index contributed by atoms with van der Waals surface area (Å²) in [6, 6.07) is 1.56. The molecule has 0 amide bonds. The second-order valence-electron chi connectivity index (χ2n) is 6.02. The zero-order chi connectivity index (χ0) is 12.3. The SMILES string of the molecule is CCN1CCCC1CN(C)C1CNCC(C)C1. The van der Waals surface area contributed by atoms with E-state index in [1.807, 2.05) is 0 Å². The fourth-order valence-electron chi connectivity index (χ4n) is 3.46. The van der Waals surface area contributed by atoms with Crippen LogP contribution in [-0.4, -0.2) is 61.7 Å². The first-order valence-electron chi connectivity index (χ1n) is 7.35. The van der Waals surface area contributed by atoms with E-state index in [2.05, 4.69) is 36.0 Å². The van der Waals surface area contributed by atoms with Crippen LogP contribution in [0.1, 0.15) is 33.1 Å². The van der Waals surface area contributed by atoms with Gasteiger partial charge in [0, 0.05) is 25.2 Å². The van der Waals surface area contributed by atoms with Crippen molar-refractivity contribution >= 4 is 0 Å². The summed E-state index contributed by atoms with van der Waals surface area (Å²) >= 11 is 0. The van der Waals surface area contributed by atoms with Crippen LogP contribution in [0.5, 0.6) is 0 Å². The van der Waals surface area contributed by atoms with E-state index >= 15 is 0 Å². The molecule has 3 atom stereocenters. The van der Waals surface area contributed by atoms with E-state index in [0.29, 0.717) is 0 Å². The molecule has 2 rings (SSSR count). The summed E-state index contributed by atoms with van der Waals surface area (Å²) in [6.07, 6.45) is 4.15. The van der Waals surface area contributed by atoms with Crippen LogP contribution >= 0.6 is 0 Å². The van der Waals surface area contributed by atoms with Crippen molar-refractivity contribution in [3.05, 3.63) is 0 Å². The average molecular weight is 239 g/mol. The van der Waals surface area contributed by atoms with Gasteiger partial charge in [-0.15, -0.1) is 0 Å². The lowest BCUT2D eigenvalue weighted by molar-refractivity contribution is 0.132. The van der Waals surface area contributed by atoms with Crippen molar-refractivity contribution in [2.75, 3.05) is 39.8 Å². The molecule has 3 nitrogen and oxygen atoms in total. The molecule has 100 valence electrons. The number of nitrogens with zero attached hydrogens (tertiary/aromatic N) is 2. The fourth-order valence-corrected chi connectivity index (χ4v) is 3.46. The minimum atomic E-state index is 0.748. The number of piperidine rings is 1. The number of hydrogen-bond donors (Lipinski definition) is 1. The maximum Gasteiger partial charge on any atom is 0.0223 e. The quantitative estimate of drug-likeness (QED) is 0.800. The van der Waals surface area contributed by atoms with Gasteiger partial charge in [-0.25, -0.2) is 0 Å². The van der Waals surface area contributed by atoms with Crippen molar-refractivity contribution in [1.82, 2.24) is 15.1 Å². The zero-order valence-corrected chi connectivity index (χ0v) is 11.8. The molecule has 0 radical (unpaired) electrons. The van der Waals surface area contributed by atoms with Gasteiger partial charge in [0.25, 0.3) is 0 Å². The summed E-state index contributed by atoms with van der Waals surface area (Å²) in [5.41, 5.74) is 0. The normalized spacial score (nSPS) is 35.6. The van der Waals surface area contributed by atoms with Gasteiger partial charge in [-0.05, 0) is 51.9 Å². The van der Waals surface area contributed by atoms with Gasteiger partial charge in [-0.2, -0.15) is 0 Å². The van der Waals surface area contributed by atoms with Crippen LogP contribution in [0.2, 0.25) is 0 Å². The molecule has 0 aromatic heterocycles. The number of nitrogens with one attached hydrogen (secondary N) is 1. The Kier molecular flexibility index (Phi) is 4.83. The van der Waals surface area contributed by atoms with E-state index in [9.17, 15) is 0 Å². The van der Waals surface area contributed by atoms with E-state index in [-0.39, 0.29) is 0 Å². The largest absolute Gasteiger partial charge is 0.315 e. The van der Waals surface area contributed by atoms with Crippen LogP contribution in [0.3, 0.4) is 0 Å². The third kappa shape index (κ3) is 3.43. The van der Waals surface area contributed by atoms with Crippen molar-refractivity contribution in [3.8, 4) is 0 Å². The highest BCUT2D eigenvalue weighted by Gasteiger charge is 2.28. The van der Waals surface area contributed by atoms with E-state index in [1.54, 1.807) is 0 Å². The molecule has 3 heteroatoms. The number of hydrogen-bond acceptors (Lipinski definition) is 3. The van der Waals surface area contributed by atoms with Crippen molar-refractivity contribution in [3.63, 3.8) is 0 Å². The molecule has 1 N–H and O–H groups in total. The maximum atomic E-state index is 3.56. The summed E-state index contributed by atoms with van der Waals surface area (Å²) < 4.78 is 0. The first-order valence-corrected chi connectivity index (χ1v) is 7.35. The molecule has 2 fully saturated rings. The molecule has 2 saturated heterocycles. The Balaban J connectivity index is 1.81. The van der Waals surface area contributed by atoms with E-state index in [1.165, 1.54) is 52.0 Å². The van der Waals surface area contributed by atoms with E-state index in [4.69, 9.17) is 0 Å². The Morgan fingerprint density at radius 1 is 1.35 bits per heavy atom.